The van der Waals surface area contributed by atoms with Crippen LogP contribution in [0.15, 0.2) is 36.4 Å². The van der Waals surface area contributed by atoms with E-state index in [-0.39, 0.29) is 5.91 Å². The lowest BCUT2D eigenvalue weighted by Gasteiger charge is -2.34. The first-order valence-corrected chi connectivity index (χ1v) is 11.0. The van der Waals surface area contributed by atoms with Crippen molar-refractivity contribution in [2.45, 2.75) is 6.42 Å². The Morgan fingerprint density at radius 2 is 1.87 bits per heavy atom. The van der Waals surface area contributed by atoms with Gasteiger partial charge in [-0.05, 0) is 43.3 Å². The molecule has 1 amide bonds. The molecule has 1 fully saturated rings. The van der Waals surface area contributed by atoms with Crippen molar-refractivity contribution in [2.24, 2.45) is 0 Å². The van der Waals surface area contributed by atoms with Gasteiger partial charge in [0.05, 0.1) is 5.69 Å². The number of pyridine rings is 1. The van der Waals surface area contributed by atoms with Gasteiger partial charge in [-0.25, -0.2) is 4.98 Å². The Hall–Kier alpha value is -2.84. The van der Waals surface area contributed by atoms with E-state index in [4.69, 9.17) is 5.73 Å². The van der Waals surface area contributed by atoms with E-state index in [0.29, 0.717) is 17.1 Å². The standard InChI is InChI=1S/C22H28N6OS/c1-24-18-8-7-17-19(23)20(30-22(17)26-18)21(29)25-10-9-15-3-5-16(6-4-15)28-13-11-27(2)12-14-28/h3-8H,9-14,23H2,1-2H3,(H,24,26)(H,25,29). The van der Waals surface area contributed by atoms with Crippen LogP contribution >= 0.6 is 11.3 Å². The number of hydrogen-bond donors (Lipinski definition) is 3. The second-order valence-corrected chi connectivity index (χ2v) is 8.61. The minimum atomic E-state index is -0.143. The van der Waals surface area contributed by atoms with Crippen molar-refractivity contribution < 1.29 is 4.79 Å². The molecule has 0 bridgehead atoms. The van der Waals surface area contributed by atoms with E-state index in [1.54, 1.807) is 0 Å². The number of fused-ring (bicyclic) bond motifs is 1. The normalized spacial score (nSPS) is 14.8. The zero-order valence-corrected chi connectivity index (χ0v) is 18.3. The molecule has 4 rings (SSSR count). The third-order valence-electron chi connectivity index (χ3n) is 5.56. The largest absolute Gasteiger partial charge is 0.397 e. The van der Waals surface area contributed by atoms with Gasteiger partial charge in [-0.2, -0.15) is 0 Å². The van der Waals surface area contributed by atoms with Crippen LogP contribution in [0, 0.1) is 0 Å². The molecule has 30 heavy (non-hydrogen) atoms. The summed E-state index contributed by atoms with van der Waals surface area (Å²) in [6.07, 6.45) is 0.779. The van der Waals surface area contributed by atoms with Crippen LogP contribution in [0.3, 0.4) is 0 Å². The molecule has 0 spiro atoms. The number of carbonyl (C=O) groups excluding carboxylic acids is 1. The minimum absolute atomic E-state index is 0.143. The van der Waals surface area contributed by atoms with E-state index in [2.05, 4.69) is 56.7 Å². The molecule has 0 radical (unpaired) electrons. The molecule has 1 aliphatic rings. The number of hydrogen-bond acceptors (Lipinski definition) is 7. The van der Waals surface area contributed by atoms with E-state index in [1.807, 2.05) is 19.2 Å². The molecule has 158 valence electrons. The molecular formula is C22H28N6OS. The SMILES string of the molecule is CNc1ccc2c(N)c(C(=O)NCCc3ccc(N4CCN(C)CC4)cc3)sc2n1. The van der Waals surface area contributed by atoms with Crippen molar-refractivity contribution in [1.29, 1.82) is 0 Å². The highest BCUT2D eigenvalue weighted by Crippen LogP contribution is 2.33. The first-order valence-electron chi connectivity index (χ1n) is 10.2. The Balaban J connectivity index is 1.33. The molecule has 8 heteroatoms. The molecule has 0 saturated carbocycles. The van der Waals surface area contributed by atoms with E-state index < -0.39 is 0 Å². The van der Waals surface area contributed by atoms with Gasteiger partial charge < -0.3 is 26.2 Å². The molecule has 0 unspecified atom stereocenters. The van der Waals surface area contributed by atoms with E-state index >= 15 is 0 Å². The summed E-state index contributed by atoms with van der Waals surface area (Å²) in [6, 6.07) is 12.4. The maximum Gasteiger partial charge on any atom is 0.263 e. The quantitative estimate of drug-likeness (QED) is 0.564. The van der Waals surface area contributed by atoms with Gasteiger partial charge in [0, 0.05) is 50.8 Å². The zero-order valence-electron chi connectivity index (χ0n) is 17.4. The summed E-state index contributed by atoms with van der Waals surface area (Å²) in [7, 11) is 3.98. The summed E-state index contributed by atoms with van der Waals surface area (Å²) in [5.41, 5.74) is 9.16. The van der Waals surface area contributed by atoms with E-state index in [9.17, 15) is 4.79 Å². The third kappa shape index (κ3) is 4.34. The number of aromatic nitrogens is 1. The maximum atomic E-state index is 12.6. The zero-order chi connectivity index (χ0) is 21.1. The lowest BCUT2D eigenvalue weighted by Crippen LogP contribution is -2.44. The first kappa shape index (κ1) is 20.4. The average molecular weight is 425 g/mol. The number of thiophene rings is 1. The highest BCUT2D eigenvalue weighted by atomic mass is 32.1. The minimum Gasteiger partial charge on any atom is -0.397 e. The van der Waals surface area contributed by atoms with Crippen LogP contribution in [0.25, 0.3) is 10.2 Å². The topological polar surface area (TPSA) is 86.5 Å². The van der Waals surface area contributed by atoms with Crippen molar-refractivity contribution in [1.82, 2.24) is 15.2 Å². The van der Waals surface area contributed by atoms with Gasteiger partial charge >= 0.3 is 0 Å². The van der Waals surface area contributed by atoms with Gasteiger partial charge in [-0.3, -0.25) is 4.79 Å². The lowest BCUT2D eigenvalue weighted by molar-refractivity contribution is 0.0959. The monoisotopic (exact) mass is 424 g/mol. The second kappa shape index (κ2) is 8.89. The molecule has 1 aliphatic heterocycles. The molecule has 4 N–H and O–H groups in total. The average Bonchev–Trinajstić information content (AvgIpc) is 3.10. The first-order chi connectivity index (χ1) is 14.5. The van der Waals surface area contributed by atoms with Crippen molar-refractivity contribution in [3.05, 3.63) is 46.8 Å². The molecule has 7 nitrogen and oxygen atoms in total. The maximum absolute atomic E-state index is 12.6. The number of nitrogens with two attached hydrogens (primary N) is 1. The van der Waals surface area contributed by atoms with Crippen LogP contribution in [0.2, 0.25) is 0 Å². The number of benzene rings is 1. The lowest BCUT2D eigenvalue weighted by atomic mass is 10.1. The number of nitrogens with zero attached hydrogens (tertiary/aromatic N) is 3. The molecule has 0 aliphatic carbocycles. The molecule has 1 aromatic carbocycles. The summed E-state index contributed by atoms with van der Waals surface area (Å²) >= 11 is 1.33. The summed E-state index contributed by atoms with van der Waals surface area (Å²) in [5.74, 6) is 0.617. The molecule has 3 heterocycles. The Kier molecular flexibility index (Phi) is 6.06. The predicted octanol–water partition coefficient (Wildman–Crippen LogP) is 2.64. The third-order valence-corrected chi connectivity index (χ3v) is 6.67. The summed E-state index contributed by atoms with van der Waals surface area (Å²) in [5, 5.41) is 6.82. The van der Waals surface area contributed by atoms with Gasteiger partial charge in [-0.1, -0.05) is 12.1 Å². The summed E-state index contributed by atoms with van der Waals surface area (Å²) in [6.45, 7) is 4.89. The van der Waals surface area contributed by atoms with Crippen LogP contribution in [-0.2, 0) is 6.42 Å². The number of anilines is 3. The van der Waals surface area contributed by atoms with Gasteiger partial charge in [0.2, 0.25) is 0 Å². The van der Waals surface area contributed by atoms with Crippen molar-refractivity contribution in [3.8, 4) is 0 Å². The number of nitrogen functional groups attached to an aromatic ring is 1. The number of rotatable bonds is 6. The van der Waals surface area contributed by atoms with Gasteiger partial charge in [0.1, 0.15) is 15.5 Å². The number of likely N-dealkylation sites (N-methyl/N-ethyl adjacent to an activating group) is 1. The highest BCUT2D eigenvalue weighted by Gasteiger charge is 2.17. The molecule has 2 aromatic heterocycles. The van der Waals surface area contributed by atoms with Crippen LogP contribution in [0.4, 0.5) is 17.2 Å². The molecular weight excluding hydrogens is 396 g/mol. The second-order valence-electron chi connectivity index (χ2n) is 7.61. The number of amides is 1. The molecule has 0 atom stereocenters. The fourth-order valence-electron chi connectivity index (χ4n) is 3.64. The Morgan fingerprint density at radius 3 is 2.57 bits per heavy atom. The van der Waals surface area contributed by atoms with Crippen molar-refractivity contribution in [3.63, 3.8) is 0 Å². The van der Waals surface area contributed by atoms with Gasteiger partial charge in [-0.15, -0.1) is 11.3 Å². The van der Waals surface area contributed by atoms with E-state index in [0.717, 1.165) is 48.6 Å². The van der Waals surface area contributed by atoms with Crippen molar-refractivity contribution >= 4 is 44.7 Å². The number of piperazine rings is 1. The number of carbonyl (C=O) groups is 1. The van der Waals surface area contributed by atoms with Crippen molar-refractivity contribution in [2.75, 3.05) is 62.8 Å². The summed E-state index contributed by atoms with van der Waals surface area (Å²) < 4.78 is 0. The van der Waals surface area contributed by atoms with Crippen LogP contribution in [0.1, 0.15) is 15.2 Å². The Bertz CT molecular complexity index is 1020. The van der Waals surface area contributed by atoms with Gasteiger partial charge in [0.25, 0.3) is 5.91 Å². The Labute approximate surface area is 180 Å². The highest BCUT2D eigenvalue weighted by molar-refractivity contribution is 7.21. The van der Waals surface area contributed by atoms with Crippen LogP contribution in [-0.4, -0.2) is 62.6 Å². The Morgan fingerprint density at radius 1 is 1.13 bits per heavy atom. The van der Waals surface area contributed by atoms with Crippen LogP contribution < -0.4 is 21.3 Å². The molecule has 1 saturated heterocycles. The smallest absolute Gasteiger partial charge is 0.263 e. The van der Waals surface area contributed by atoms with E-state index in [1.165, 1.54) is 22.6 Å². The molecule has 3 aromatic rings. The predicted molar refractivity (Wildman–Crippen MR) is 126 cm³/mol. The number of nitrogens with one attached hydrogen (secondary N) is 2. The fraction of sp³-hybridized carbons (Fsp3) is 0.364. The van der Waals surface area contributed by atoms with Gasteiger partial charge in [0.15, 0.2) is 0 Å². The summed E-state index contributed by atoms with van der Waals surface area (Å²) in [4.78, 5) is 23.2. The fourth-order valence-corrected chi connectivity index (χ4v) is 4.65. The van der Waals surface area contributed by atoms with Crippen LogP contribution in [0.5, 0.6) is 0 Å².